The molecule has 5 aromatic rings. The zero-order valence-electron chi connectivity index (χ0n) is 19.3. The number of hydrogen-bond acceptors (Lipinski definition) is 4. The molecule has 0 N–H and O–H groups in total. The minimum Gasteiger partial charge on any atom is -0.487 e. The number of rotatable bonds is 5. The first-order valence-electron chi connectivity index (χ1n) is 11.0. The number of nitrogens with zero attached hydrogens (tertiary/aromatic N) is 4. The normalized spacial score (nSPS) is 11.2. The fourth-order valence-electron chi connectivity index (χ4n) is 4.25. The Morgan fingerprint density at radius 2 is 1.55 bits per heavy atom. The lowest BCUT2D eigenvalue weighted by molar-refractivity contribution is 0.300. The molecular formula is C28H26N4O. The molecular weight excluding hydrogens is 408 g/mol. The quantitative estimate of drug-likeness (QED) is 0.330. The fraction of sp³-hybridized carbons (Fsp3) is 0.179. The van der Waals surface area contributed by atoms with Gasteiger partial charge in [0.2, 0.25) is 0 Å². The van der Waals surface area contributed by atoms with Gasteiger partial charge in [-0.05, 0) is 80.4 Å². The van der Waals surface area contributed by atoms with Crippen LogP contribution in [-0.4, -0.2) is 19.7 Å². The number of ether oxygens (including phenoxy) is 1. The van der Waals surface area contributed by atoms with Crippen LogP contribution in [0.1, 0.15) is 22.6 Å². The van der Waals surface area contributed by atoms with Gasteiger partial charge in [-0.3, -0.25) is 9.67 Å². The Bertz CT molecular complexity index is 1430. The molecule has 0 fully saturated rings. The van der Waals surface area contributed by atoms with E-state index in [-0.39, 0.29) is 0 Å². The van der Waals surface area contributed by atoms with Gasteiger partial charge in [0.15, 0.2) is 0 Å². The Morgan fingerprint density at radius 3 is 2.30 bits per heavy atom. The Kier molecular flexibility index (Phi) is 5.38. The van der Waals surface area contributed by atoms with E-state index < -0.39 is 0 Å². The van der Waals surface area contributed by atoms with Crippen molar-refractivity contribution in [2.45, 2.75) is 27.4 Å². The van der Waals surface area contributed by atoms with Gasteiger partial charge < -0.3 is 4.74 Å². The Labute approximate surface area is 193 Å². The zero-order chi connectivity index (χ0) is 22.9. The van der Waals surface area contributed by atoms with E-state index >= 15 is 0 Å². The van der Waals surface area contributed by atoms with Crippen molar-refractivity contribution >= 4 is 10.9 Å². The van der Waals surface area contributed by atoms with Crippen LogP contribution in [0.4, 0.5) is 0 Å². The summed E-state index contributed by atoms with van der Waals surface area (Å²) in [6.45, 7) is 6.51. The number of aryl methyl sites for hydroxylation is 4. The van der Waals surface area contributed by atoms with Gasteiger partial charge in [0, 0.05) is 41.1 Å². The summed E-state index contributed by atoms with van der Waals surface area (Å²) in [5.74, 6) is 0.802. The lowest BCUT2D eigenvalue weighted by Crippen LogP contribution is -2.00. The van der Waals surface area contributed by atoms with Crippen LogP contribution in [0, 0.1) is 20.8 Å². The van der Waals surface area contributed by atoms with Crippen molar-refractivity contribution in [2.24, 2.45) is 7.05 Å². The van der Waals surface area contributed by atoms with E-state index in [4.69, 9.17) is 9.72 Å². The van der Waals surface area contributed by atoms with Crippen LogP contribution in [0.15, 0.2) is 72.9 Å². The molecule has 33 heavy (non-hydrogen) atoms. The van der Waals surface area contributed by atoms with Crippen LogP contribution >= 0.6 is 0 Å². The lowest BCUT2D eigenvalue weighted by atomic mass is 10.0. The minimum atomic E-state index is 0.392. The largest absolute Gasteiger partial charge is 0.487 e. The van der Waals surface area contributed by atoms with E-state index in [1.165, 1.54) is 0 Å². The fourth-order valence-corrected chi connectivity index (χ4v) is 4.25. The molecule has 0 aliphatic heterocycles. The van der Waals surface area contributed by atoms with E-state index in [1.807, 2.05) is 62.1 Å². The molecule has 0 saturated heterocycles. The van der Waals surface area contributed by atoms with E-state index in [0.29, 0.717) is 6.61 Å². The standard InChI is InChI=1S/C28H26N4O/c1-18-13-22-7-5-6-8-26(22)30-28(18)21-9-11-24(12-10-21)33-17-27-25(16-32(4)31-27)23-14-19(2)29-20(3)15-23/h5-16H,17H2,1-4H3. The lowest BCUT2D eigenvalue weighted by Gasteiger charge is -2.10. The highest BCUT2D eigenvalue weighted by Gasteiger charge is 2.13. The molecule has 0 aliphatic carbocycles. The van der Waals surface area contributed by atoms with Gasteiger partial charge in [-0.25, -0.2) is 4.98 Å². The van der Waals surface area contributed by atoms with Crippen LogP contribution in [0.2, 0.25) is 0 Å². The van der Waals surface area contributed by atoms with Crippen molar-refractivity contribution in [1.29, 1.82) is 0 Å². The third-order valence-corrected chi connectivity index (χ3v) is 5.72. The van der Waals surface area contributed by atoms with Crippen LogP contribution in [-0.2, 0) is 13.7 Å². The van der Waals surface area contributed by atoms with Crippen molar-refractivity contribution in [3.63, 3.8) is 0 Å². The first kappa shape index (κ1) is 20.9. The Morgan fingerprint density at radius 1 is 0.818 bits per heavy atom. The van der Waals surface area contributed by atoms with Crippen LogP contribution in [0.5, 0.6) is 5.75 Å². The van der Waals surface area contributed by atoms with Gasteiger partial charge in [-0.15, -0.1) is 0 Å². The Hall–Kier alpha value is -3.99. The summed E-state index contributed by atoms with van der Waals surface area (Å²) in [4.78, 5) is 9.35. The van der Waals surface area contributed by atoms with E-state index in [1.54, 1.807) is 0 Å². The zero-order valence-corrected chi connectivity index (χ0v) is 19.3. The number of pyridine rings is 2. The van der Waals surface area contributed by atoms with Gasteiger partial charge in [0.05, 0.1) is 11.2 Å². The third kappa shape index (κ3) is 4.35. The van der Waals surface area contributed by atoms with E-state index in [2.05, 4.69) is 53.4 Å². The molecule has 0 spiro atoms. The third-order valence-electron chi connectivity index (χ3n) is 5.72. The second-order valence-corrected chi connectivity index (χ2v) is 8.46. The molecule has 5 heteroatoms. The maximum absolute atomic E-state index is 6.11. The molecule has 0 atom stereocenters. The number of fused-ring (bicyclic) bond motifs is 1. The predicted molar refractivity (Wildman–Crippen MR) is 132 cm³/mol. The molecule has 3 aromatic heterocycles. The van der Waals surface area contributed by atoms with Gasteiger partial charge in [0.1, 0.15) is 18.1 Å². The first-order chi connectivity index (χ1) is 16.0. The molecule has 0 bridgehead atoms. The summed E-state index contributed by atoms with van der Waals surface area (Å²) in [5, 5.41) is 5.79. The molecule has 5 rings (SSSR count). The number of para-hydroxylation sites is 1. The van der Waals surface area contributed by atoms with Crippen LogP contribution in [0.3, 0.4) is 0 Å². The van der Waals surface area contributed by atoms with Crippen molar-refractivity contribution < 1.29 is 4.74 Å². The van der Waals surface area contributed by atoms with Gasteiger partial charge in [-0.2, -0.15) is 5.10 Å². The van der Waals surface area contributed by atoms with Crippen molar-refractivity contribution in [1.82, 2.24) is 19.7 Å². The molecule has 0 radical (unpaired) electrons. The van der Waals surface area contributed by atoms with Crippen LogP contribution in [0.25, 0.3) is 33.3 Å². The summed E-state index contributed by atoms with van der Waals surface area (Å²) in [7, 11) is 1.93. The summed E-state index contributed by atoms with van der Waals surface area (Å²) in [6.07, 6.45) is 2.03. The Balaban J connectivity index is 1.37. The van der Waals surface area contributed by atoms with Gasteiger partial charge in [0.25, 0.3) is 0 Å². The highest BCUT2D eigenvalue weighted by atomic mass is 16.5. The maximum atomic E-state index is 6.11. The number of aromatic nitrogens is 4. The molecule has 3 heterocycles. The molecule has 0 aliphatic rings. The summed E-state index contributed by atoms with van der Waals surface area (Å²) >= 11 is 0. The van der Waals surface area contributed by atoms with Gasteiger partial charge in [-0.1, -0.05) is 18.2 Å². The smallest absolute Gasteiger partial charge is 0.133 e. The van der Waals surface area contributed by atoms with E-state index in [0.717, 1.165) is 61.7 Å². The van der Waals surface area contributed by atoms with E-state index in [9.17, 15) is 0 Å². The molecule has 0 amide bonds. The SMILES string of the molecule is Cc1cc(-c2cn(C)nc2COc2ccc(-c3nc4ccccc4cc3C)cc2)cc(C)n1. The summed E-state index contributed by atoms with van der Waals surface area (Å²) in [6, 6.07) is 22.7. The molecule has 0 unspecified atom stereocenters. The van der Waals surface area contributed by atoms with Gasteiger partial charge >= 0.3 is 0 Å². The first-order valence-corrected chi connectivity index (χ1v) is 11.0. The second-order valence-electron chi connectivity index (χ2n) is 8.46. The number of hydrogen-bond donors (Lipinski definition) is 0. The highest BCUT2D eigenvalue weighted by Crippen LogP contribution is 2.28. The van der Waals surface area contributed by atoms with Crippen molar-refractivity contribution in [3.05, 3.63) is 95.6 Å². The predicted octanol–water partition coefficient (Wildman–Crippen LogP) is 6.20. The summed E-state index contributed by atoms with van der Waals surface area (Å²) < 4.78 is 7.94. The minimum absolute atomic E-state index is 0.392. The average Bonchev–Trinajstić information content (AvgIpc) is 3.17. The maximum Gasteiger partial charge on any atom is 0.133 e. The van der Waals surface area contributed by atoms with Crippen molar-refractivity contribution in [3.8, 4) is 28.1 Å². The van der Waals surface area contributed by atoms with Crippen LogP contribution < -0.4 is 4.74 Å². The number of benzene rings is 2. The topological polar surface area (TPSA) is 52.8 Å². The van der Waals surface area contributed by atoms with Crippen molar-refractivity contribution in [2.75, 3.05) is 0 Å². The molecule has 5 nitrogen and oxygen atoms in total. The molecule has 164 valence electrons. The monoisotopic (exact) mass is 434 g/mol. The highest BCUT2D eigenvalue weighted by molar-refractivity contribution is 5.83. The molecule has 2 aromatic carbocycles. The summed E-state index contributed by atoms with van der Waals surface area (Å²) in [5.41, 5.74) is 9.30. The average molecular weight is 435 g/mol. The second kappa shape index (κ2) is 8.51. The molecule has 0 saturated carbocycles.